The van der Waals surface area contributed by atoms with Gasteiger partial charge in [-0.1, -0.05) is 22.8 Å². The summed E-state index contributed by atoms with van der Waals surface area (Å²) >= 11 is 5.97. The molecule has 2 aromatic rings. The first kappa shape index (κ1) is 18.7. The van der Waals surface area contributed by atoms with E-state index < -0.39 is 12.5 Å². The van der Waals surface area contributed by atoms with Crippen LogP contribution in [0.25, 0.3) is 0 Å². The molecule has 0 aliphatic rings. The second-order valence-electron chi connectivity index (χ2n) is 4.97. The number of aryl methyl sites for hydroxylation is 1. The maximum absolute atomic E-state index is 12.0. The largest absolute Gasteiger partial charge is 0.435 e. The van der Waals surface area contributed by atoms with Crippen molar-refractivity contribution in [3.05, 3.63) is 58.6 Å². The van der Waals surface area contributed by atoms with Crippen molar-refractivity contribution in [1.82, 2.24) is 0 Å². The Kier molecular flexibility index (Phi) is 6.71. The maximum atomic E-state index is 12.0. The molecular weight excluding hydrogens is 354 g/mol. The minimum absolute atomic E-state index is 0.0456. The molecule has 0 bridgehead atoms. The lowest BCUT2D eigenvalue weighted by atomic mass is 10.2. The van der Waals surface area contributed by atoms with E-state index in [0.717, 1.165) is 5.56 Å². The third-order valence-electron chi connectivity index (χ3n) is 3.03. The molecule has 132 valence electrons. The van der Waals surface area contributed by atoms with E-state index in [-0.39, 0.29) is 12.4 Å². The van der Waals surface area contributed by atoms with Crippen LogP contribution in [0.1, 0.15) is 11.1 Å². The zero-order chi connectivity index (χ0) is 18.2. The SMILES string of the molecule is Cc1ccc(NC(=O)CO/N=C/c2ccc(OC(F)F)cc2)cc1Cl. The van der Waals surface area contributed by atoms with Gasteiger partial charge in [0.1, 0.15) is 5.75 Å². The molecule has 0 fully saturated rings. The fourth-order valence-electron chi connectivity index (χ4n) is 1.80. The average Bonchev–Trinajstić information content (AvgIpc) is 2.56. The summed E-state index contributed by atoms with van der Waals surface area (Å²) in [5.41, 5.74) is 2.07. The number of hydrogen-bond donors (Lipinski definition) is 1. The van der Waals surface area contributed by atoms with Gasteiger partial charge >= 0.3 is 6.61 Å². The summed E-state index contributed by atoms with van der Waals surface area (Å²) in [7, 11) is 0. The van der Waals surface area contributed by atoms with Crippen molar-refractivity contribution in [2.45, 2.75) is 13.5 Å². The molecule has 0 aromatic heterocycles. The van der Waals surface area contributed by atoms with E-state index in [0.29, 0.717) is 16.3 Å². The number of oxime groups is 1. The number of amides is 1. The van der Waals surface area contributed by atoms with Crippen molar-refractivity contribution in [3.63, 3.8) is 0 Å². The summed E-state index contributed by atoms with van der Waals surface area (Å²) in [4.78, 5) is 16.6. The molecule has 2 aromatic carbocycles. The number of ether oxygens (including phenoxy) is 1. The van der Waals surface area contributed by atoms with E-state index in [1.54, 1.807) is 18.2 Å². The number of nitrogens with one attached hydrogen (secondary N) is 1. The topological polar surface area (TPSA) is 59.9 Å². The molecule has 0 saturated heterocycles. The lowest BCUT2D eigenvalue weighted by molar-refractivity contribution is -0.120. The zero-order valence-electron chi connectivity index (χ0n) is 13.2. The molecule has 0 atom stereocenters. The van der Waals surface area contributed by atoms with Crippen LogP contribution < -0.4 is 10.1 Å². The van der Waals surface area contributed by atoms with Gasteiger partial charge in [-0.25, -0.2) is 0 Å². The number of alkyl halides is 2. The lowest BCUT2D eigenvalue weighted by Gasteiger charge is -2.06. The van der Waals surface area contributed by atoms with Crippen LogP contribution in [0.15, 0.2) is 47.6 Å². The van der Waals surface area contributed by atoms with Crippen LogP contribution in [0.3, 0.4) is 0 Å². The van der Waals surface area contributed by atoms with Crippen LogP contribution >= 0.6 is 11.6 Å². The molecule has 0 saturated carbocycles. The Labute approximate surface area is 148 Å². The number of nitrogens with zero attached hydrogens (tertiary/aromatic N) is 1. The number of carbonyl (C=O) groups is 1. The molecule has 0 aliphatic heterocycles. The van der Waals surface area contributed by atoms with E-state index in [9.17, 15) is 13.6 Å². The number of anilines is 1. The highest BCUT2D eigenvalue weighted by molar-refractivity contribution is 6.31. The molecule has 1 amide bonds. The van der Waals surface area contributed by atoms with Crippen LogP contribution in [0.5, 0.6) is 5.75 Å². The lowest BCUT2D eigenvalue weighted by Crippen LogP contribution is -2.17. The van der Waals surface area contributed by atoms with E-state index in [1.807, 2.05) is 6.92 Å². The monoisotopic (exact) mass is 368 g/mol. The molecule has 8 heteroatoms. The quantitative estimate of drug-likeness (QED) is 0.587. The Morgan fingerprint density at radius 3 is 2.64 bits per heavy atom. The van der Waals surface area contributed by atoms with Crippen LogP contribution in [0, 0.1) is 6.92 Å². The highest BCUT2D eigenvalue weighted by atomic mass is 35.5. The van der Waals surface area contributed by atoms with Crippen molar-refractivity contribution in [2.24, 2.45) is 5.16 Å². The fourth-order valence-corrected chi connectivity index (χ4v) is 1.98. The van der Waals surface area contributed by atoms with Gasteiger partial charge in [0.15, 0.2) is 6.61 Å². The van der Waals surface area contributed by atoms with Gasteiger partial charge in [0.05, 0.1) is 6.21 Å². The summed E-state index contributed by atoms with van der Waals surface area (Å²) in [6, 6.07) is 11.0. The predicted octanol–water partition coefficient (Wildman–Crippen LogP) is 4.24. The second kappa shape index (κ2) is 8.98. The minimum atomic E-state index is -2.87. The number of carbonyl (C=O) groups excluding carboxylic acids is 1. The summed E-state index contributed by atoms with van der Waals surface area (Å²) in [5.74, 6) is -0.345. The highest BCUT2D eigenvalue weighted by Crippen LogP contribution is 2.19. The Morgan fingerprint density at radius 1 is 1.28 bits per heavy atom. The fraction of sp³-hybridized carbons (Fsp3) is 0.176. The number of halogens is 3. The van der Waals surface area contributed by atoms with Crippen LogP contribution in [-0.4, -0.2) is 25.3 Å². The third kappa shape index (κ3) is 6.39. The molecule has 0 radical (unpaired) electrons. The van der Waals surface area contributed by atoms with Gasteiger partial charge in [-0.2, -0.15) is 8.78 Å². The smallest absolute Gasteiger partial charge is 0.387 e. The molecule has 25 heavy (non-hydrogen) atoms. The third-order valence-corrected chi connectivity index (χ3v) is 3.44. The summed E-state index contributed by atoms with van der Waals surface area (Å²) < 4.78 is 28.3. The Hall–Kier alpha value is -2.67. The summed E-state index contributed by atoms with van der Waals surface area (Å²) in [6.45, 7) is -1.29. The number of rotatable bonds is 7. The van der Waals surface area contributed by atoms with E-state index in [4.69, 9.17) is 16.4 Å². The molecule has 1 N–H and O–H groups in total. The van der Waals surface area contributed by atoms with Gasteiger partial charge in [0, 0.05) is 10.7 Å². The molecule has 0 unspecified atom stereocenters. The molecule has 5 nitrogen and oxygen atoms in total. The molecule has 0 spiro atoms. The van der Waals surface area contributed by atoms with Gasteiger partial charge < -0.3 is 14.9 Å². The van der Waals surface area contributed by atoms with Crippen molar-refractivity contribution in [1.29, 1.82) is 0 Å². The van der Waals surface area contributed by atoms with Crippen LogP contribution in [-0.2, 0) is 9.63 Å². The first-order valence-electron chi connectivity index (χ1n) is 7.20. The standard InChI is InChI=1S/C17H15ClF2N2O3/c1-11-2-5-13(8-15(11)18)22-16(23)10-24-21-9-12-3-6-14(7-4-12)25-17(19)20/h2-9,17H,10H2,1H3,(H,22,23)/b21-9+. The van der Waals surface area contributed by atoms with Crippen molar-refractivity contribution in [3.8, 4) is 5.75 Å². The zero-order valence-corrected chi connectivity index (χ0v) is 14.0. The van der Waals surface area contributed by atoms with Gasteiger partial charge in [0.2, 0.25) is 0 Å². The maximum Gasteiger partial charge on any atom is 0.387 e. The normalized spacial score (nSPS) is 10.9. The summed E-state index contributed by atoms with van der Waals surface area (Å²) in [6.07, 6.45) is 1.35. The first-order chi connectivity index (χ1) is 11.9. The Morgan fingerprint density at radius 2 is 2.00 bits per heavy atom. The van der Waals surface area contributed by atoms with Gasteiger partial charge in [0.25, 0.3) is 5.91 Å². The molecule has 2 rings (SSSR count). The van der Waals surface area contributed by atoms with E-state index in [2.05, 4.69) is 15.2 Å². The average molecular weight is 369 g/mol. The Balaban J connectivity index is 1.78. The van der Waals surface area contributed by atoms with Gasteiger partial charge in [-0.05, 0) is 54.4 Å². The second-order valence-corrected chi connectivity index (χ2v) is 5.37. The number of benzene rings is 2. The van der Waals surface area contributed by atoms with Gasteiger partial charge in [-0.3, -0.25) is 4.79 Å². The predicted molar refractivity (Wildman–Crippen MR) is 91.4 cm³/mol. The van der Waals surface area contributed by atoms with Crippen LogP contribution in [0.2, 0.25) is 5.02 Å². The van der Waals surface area contributed by atoms with Crippen LogP contribution in [0.4, 0.5) is 14.5 Å². The first-order valence-corrected chi connectivity index (χ1v) is 7.58. The minimum Gasteiger partial charge on any atom is -0.435 e. The Bertz CT molecular complexity index is 752. The van der Waals surface area contributed by atoms with Crippen molar-refractivity contribution >= 4 is 29.4 Å². The van der Waals surface area contributed by atoms with E-state index in [1.165, 1.54) is 30.5 Å². The number of hydrogen-bond acceptors (Lipinski definition) is 4. The highest BCUT2D eigenvalue weighted by Gasteiger charge is 2.05. The molecular formula is C17H15ClF2N2O3. The van der Waals surface area contributed by atoms with E-state index >= 15 is 0 Å². The molecule has 0 heterocycles. The molecule has 0 aliphatic carbocycles. The summed E-state index contributed by atoms with van der Waals surface area (Å²) in [5, 5.41) is 6.82. The van der Waals surface area contributed by atoms with Gasteiger partial charge in [-0.15, -0.1) is 0 Å². The van der Waals surface area contributed by atoms with Crippen molar-refractivity contribution in [2.75, 3.05) is 11.9 Å². The van der Waals surface area contributed by atoms with Crippen molar-refractivity contribution < 1.29 is 23.1 Å².